The summed E-state index contributed by atoms with van der Waals surface area (Å²) in [5.74, 6) is -3.05. The van der Waals surface area contributed by atoms with Crippen LogP contribution in [0.25, 0.3) is 0 Å². The lowest BCUT2D eigenvalue weighted by Gasteiger charge is -2.12. The molecule has 0 saturated carbocycles. The third kappa shape index (κ3) is 4.13. The molecule has 0 radical (unpaired) electrons. The minimum Gasteiger partial charge on any atom is -0.462 e. The SMILES string of the molecule is CCOC(=O)c1cc(Cl)ccc1NC(=O)C(F)(F)F. The van der Waals surface area contributed by atoms with Gasteiger partial charge < -0.3 is 10.1 Å². The number of carbonyl (C=O) groups is 2. The normalized spacial score (nSPS) is 11.0. The second kappa shape index (κ2) is 5.92. The minimum absolute atomic E-state index is 0.0397. The molecule has 8 heteroatoms. The third-order valence-electron chi connectivity index (χ3n) is 1.98. The van der Waals surface area contributed by atoms with E-state index in [-0.39, 0.29) is 22.9 Å². The third-order valence-corrected chi connectivity index (χ3v) is 2.22. The smallest absolute Gasteiger partial charge is 0.462 e. The number of esters is 1. The van der Waals surface area contributed by atoms with Gasteiger partial charge in [-0.05, 0) is 25.1 Å². The topological polar surface area (TPSA) is 55.4 Å². The van der Waals surface area contributed by atoms with Gasteiger partial charge in [0.25, 0.3) is 0 Å². The molecule has 1 rings (SSSR count). The molecular formula is C11H9ClF3NO3. The van der Waals surface area contributed by atoms with Crippen molar-refractivity contribution >= 4 is 29.2 Å². The predicted molar refractivity (Wildman–Crippen MR) is 62.1 cm³/mol. The molecule has 0 aliphatic rings. The molecule has 4 nitrogen and oxygen atoms in total. The number of alkyl halides is 3. The van der Waals surface area contributed by atoms with Crippen molar-refractivity contribution in [1.29, 1.82) is 0 Å². The molecular weight excluding hydrogens is 287 g/mol. The summed E-state index contributed by atoms with van der Waals surface area (Å²) in [5, 5.41) is 1.73. The average molecular weight is 296 g/mol. The molecule has 1 N–H and O–H groups in total. The van der Waals surface area contributed by atoms with E-state index in [2.05, 4.69) is 4.74 Å². The highest BCUT2D eigenvalue weighted by Crippen LogP contribution is 2.24. The first-order valence-electron chi connectivity index (χ1n) is 5.10. The molecule has 0 bridgehead atoms. The van der Waals surface area contributed by atoms with Crippen LogP contribution in [0, 0.1) is 0 Å². The second-order valence-corrected chi connectivity index (χ2v) is 3.80. The fourth-order valence-corrected chi connectivity index (χ4v) is 1.37. The van der Waals surface area contributed by atoms with Gasteiger partial charge in [0, 0.05) is 5.02 Å². The van der Waals surface area contributed by atoms with Crippen molar-refractivity contribution in [3.8, 4) is 0 Å². The van der Waals surface area contributed by atoms with Gasteiger partial charge >= 0.3 is 18.1 Å². The number of amides is 1. The first kappa shape index (κ1) is 15.3. The van der Waals surface area contributed by atoms with E-state index in [0.29, 0.717) is 0 Å². The Morgan fingerprint density at radius 1 is 1.37 bits per heavy atom. The van der Waals surface area contributed by atoms with Crippen molar-refractivity contribution in [1.82, 2.24) is 0 Å². The summed E-state index contributed by atoms with van der Waals surface area (Å²) in [6.45, 7) is 1.58. The fourth-order valence-electron chi connectivity index (χ4n) is 1.20. The molecule has 0 spiro atoms. The molecule has 0 aliphatic carbocycles. The number of hydrogen-bond acceptors (Lipinski definition) is 3. The van der Waals surface area contributed by atoms with Crippen molar-refractivity contribution in [2.75, 3.05) is 11.9 Å². The highest BCUT2D eigenvalue weighted by atomic mass is 35.5. The maximum Gasteiger partial charge on any atom is 0.471 e. The number of ether oxygens (including phenoxy) is 1. The zero-order valence-electron chi connectivity index (χ0n) is 9.68. The number of nitrogens with one attached hydrogen (secondary N) is 1. The number of halogens is 4. The van der Waals surface area contributed by atoms with Gasteiger partial charge in [0.05, 0.1) is 17.9 Å². The van der Waals surface area contributed by atoms with Crippen LogP contribution in [0.15, 0.2) is 18.2 Å². The number of hydrogen-bond donors (Lipinski definition) is 1. The van der Waals surface area contributed by atoms with Gasteiger partial charge in [-0.25, -0.2) is 4.79 Å². The molecule has 1 amide bonds. The van der Waals surface area contributed by atoms with Gasteiger partial charge in [0.15, 0.2) is 0 Å². The van der Waals surface area contributed by atoms with Crippen LogP contribution >= 0.6 is 11.6 Å². The lowest BCUT2D eigenvalue weighted by molar-refractivity contribution is -0.167. The van der Waals surface area contributed by atoms with Gasteiger partial charge in [-0.3, -0.25) is 4.79 Å². The summed E-state index contributed by atoms with van der Waals surface area (Å²) in [4.78, 5) is 22.4. The van der Waals surface area contributed by atoms with Crippen LogP contribution in [0.5, 0.6) is 0 Å². The van der Waals surface area contributed by atoms with Crippen LogP contribution in [-0.4, -0.2) is 24.7 Å². The van der Waals surface area contributed by atoms with Crippen LogP contribution < -0.4 is 5.32 Å². The van der Waals surface area contributed by atoms with Crippen molar-refractivity contribution in [2.45, 2.75) is 13.1 Å². The van der Waals surface area contributed by atoms with Crippen molar-refractivity contribution in [3.05, 3.63) is 28.8 Å². The van der Waals surface area contributed by atoms with Crippen LogP contribution in [-0.2, 0) is 9.53 Å². The van der Waals surface area contributed by atoms with Gasteiger partial charge in [-0.15, -0.1) is 0 Å². The lowest BCUT2D eigenvalue weighted by Crippen LogP contribution is -2.30. The maximum absolute atomic E-state index is 12.1. The molecule has 0 atom stereocenters. The number of benzene rings is 1. The number of rotatable bonds is 3. The summed E-state index contributed by atoms with van der Waals surface area (Å²) < 4.78 is 41.1. The zero-order chi connectivity index (χ0) is 14.6. The van der Waals surface area contributed by atoms with Crippen LogP contribution in [0.1, 0.15) is 17.3 Å². The molecule has 0 unspecified atom stereocenters. The Balaban J connectivity index is 3.07. The van der Waals surface area contributed by atoms with E-state index in [1.54, 1.807) is 5.32 Å². The fraction of sp³-hybridized carbons (Fsp3) is 0.273. The largest absolute Gasteiger partial charge is 0.471 e. The number of carbonyl (C=O) groups excluding carboxylic acids is 2. The van der Waals surface area contributed by atoms with Gasteiger partial charge in [-0.2, -0.15) is 13.2 Å². The van der Waals surface area contributed by atoms with Gasteiger partial charge in [-0.1, -0.05) is 11.6 Å². The molecule has 1 aromatic rings. The first-order chi connectivity index (χ1) is 8.75. The summed E-state index contributed by atoms with van der Waals surface area (Å²) in [6, 6.07) is 3.46. The van der Waals surface area contributed by atoms with E-state index >= 15 is 0 Å². The molecule has 0 aromatic heterocycles. The van der Waals surface area contributed by atoms with Crippen molar-refractivity contribution in [3.63, 3.8) is 0 Å². The Kier molecular flexibility index (Phi) is 4.77. The van der Waals surface area contributed by atoms with E-state index in [4.69, 9.17) is 11.6 Å². The molecule has 0 heterocycles. The monoisotopic (exact) mass is 295 g/mol. The van der Waals surface area contributed by atoms with Crippen LogP contribution in [0.4, 0.5) is 18.9 Å². The Hall–Kier alpha value is -1.76. The highest BCUT2D eigenvalue weighted by molar-refractivity contribution is 6.31. The van der Waals surface area contributed by atoms with Gasteiger partial charge in [0.2, 0.25) is 0 Å². The lowest BCUT2D eigenvalue weighted by atomic mass is 10.1. The summed E-state index contributed by atoms with van der Waals surface area (Å²) in [6.07, 6.45) is -5.05. The molecule has 1 aromatic carbocycles. The quantitative estimate of drug-likeness (QED) is 0.872. The Bertz CT molecular complexity index is 502. The van der Waals surface area contributed by atoms with E-state index in [1.807, 2.05) is 0 Å². The van der Waals surface area contributed by atoms with Gasteiger partial charge in [0.1, 0.15) is 0 Å². The molecule has 0 aliphatic heterocycles. The standard InChI is InChI=1S/C11H9ClF3NO3/c1-2-19-9(17)7-5-6(12)3-4-8(7)16-10(18)11(13,14)15/h3-5H,2H2,1H3,(H,16,18). The Morgan fingerprint density at radius 3 is 2.53 bits per heavy atom. The minimum atomic E-state index is -5.05. The molecule has 0 saturated heterocycles. The zero-order valence-corrected chi connectivity index (χ0v) is 10.4. The molecule has 19 heavy (non-hydrogen) atoms. The predicted octanol–water partition coefficient (Wildman–Crippen LogP) is 3.02. The summed E-state index contributed by atoms with van der Waals surface area (Å²) in [7, 11) is 0. The Labute approximate surface area is 111 Å². The van der Waals surface area contributed by atoms with E-state index in [0.717, 1.165) is 12.1 Å². The highest BCUT2D eigenvalue weighted by Gasteiger charge is 2.39. The Morgan fingerprint density at radius 2 is 2.00 bits per heavy atom. The van der Waals surface area contributed by atoms with Crippen LogP contribution in [0.2, 0.25) is 5.02 Å². The van der Waals surface area contributed by atoms with Crippen molar-refractivity contribution in [2.24, 2.45) is 0 Å². The second-order valence-electron chi connectivity index (χ2n) is 3.36. The van der Waals surface area contributed by atoms with Crippen molar-refractivity contribution < 1.29 is 27.5 Å². The molecule has 0 fully saturated rings. The van der Waals surface area contributed by atoms with E-state index < -0.39 is 18.1 Å². The summed E-state index contributed by atoms with van der Waals surface area (Å²) in [5.41, 5.74) is -0.558. The van der Waals surface area contributed by atoms with E-state index in [1.165, 1.54) is 13.0 Å². The average Bonchev–Trinajstić information content (AvgIpc) is 2.30. The molecule has 104 valence electrons. The maximum atomic E-state index is 12.1. The summed E-state index contributed by atoms with van der Waals surface area (Å²) >= 11 is 5.64. The first-order valence-corrected chi connectivity index (χ1v) is 5.48. The number of anilines is 1. The van der Waals surface area contributed by atoms with Crippen LogP contribution in [0.3, 0.4) is 0 Å². The van der Waals surface area contributed by atoms with E-state index in [9.17, 15) is 22.8 Å².